The summed E-state index contributed by atoms with van der Waals surface area (Å²) < 4.78 is 21.2. The van der Waals surface area contributed by atoms with Gasteiger partial charge in [-0.15, -0.1) is 0 Å². The Labute approximate surface area is 316 Å². The molecule has 0 amide bonds. The number of cyclic esters (lactones) is 1. The summed E-state index contributed by atoms with van der Waals surface area (Å²) in [4.78, 5) is 33.6. The van der Waals surface area contributed by atoms with Crippen LogP contribution in [0.3, 0.4) is 0 Å². The lowest BCUT2D eigenvalue weighted by Gasteiger charge is -2.61. The van der Waals surface area contributed by atoms with Crippen molar-refractivity contribution in [2.45, 2.75) is 123 Å². The van der Waals surface area contributed by atoms with E-state index in [1.807, 2.05) is 36.4 Å². The summed E-state index contributed by atoms with van der Waals surface area (Å²) in [7, 11) is 0. The molecule has 5 aliphatic carbocycles. The first kappa shape index (κ1) is 41.4. The summed E-state index contributed by atoms with van der Waals surface area (Å²) in [6, 6.07) is 16.9. The molecule has 2 aromatic carbocycles. The van der Waals surface area contributed by atoms with Crippen LogP contribution in [0.5, 0.6) is 11.5 Å². The van der Waals surface area contributed by atoms with Crippen LogP contribution in [0, 0.1) is 23.2 Å². The number of esters is 3. The molecular formula is C45H60O8. The van der Waals surface area contributed by atoms with Crippen LogP contribution in [-0.4, -0.2) is 46.9 Å². The summed E-state index contributed by atoms with van der Waals surface area (Å²) in [5.74, 6) is 2.72. The zero-order chi connectivity index (χ0) is 38.8. The Hall–Kier alpha value is -4.33. The largest absolute Gasteiger partial charge is 0.508 e. The van der Waals surface area contributed by atoms with E-state index in [0.717, 1.165) is 29.1 Å². The fraction of sp³-hybridized carbons (Fsp3) is 0.533. The Kier molecular flexibility index (Phi) is 14.2. The second-order valence-electron chi connectivity index (χ2n) is 16.4. The van der Waals surface area contributed by atoms with Crippen LogP contribution in [-0.2, 0) is 28.6 Å². The fourth-order valence-electron chi connectivity index (χ4n) is 8.70. The van der Waals surface area contributed by atoms with Gasteiger partial charge >= 0.3 is 17.9 Å². The lowest BCUT2D eigenvalue weighted by molar-refractivity contribution is -0.195. The maximum absolute atomic E-state index is 11.9. The van der Waals surface area contributed by atoms with Crippen LogP contribution in [0.2, 0.25) is 0 Å². The highest BCUT2D eigenvalue weighted by Gasteiger charge is 2.58. The molecule has 0 spiro atoms. The van der Waals surface area contributed by atoms with Crippen molar-refractivity contribution >= 4 is 24.0 Å². The molecule has 8 nitrogen and oxygen atoms in total. The minimum Gasteiger partial charge on any atom is -0.508 e. The van der Waals surface area contributed by atoms with Gasteiger partial charge in [0.05, 0.1) is 6.61 Å². The SMILES string of the molecule is C=C(C)C(=O)OC(C)(C)C12CC3CC(CC(C3)C1)C2.C=C(C)C(=O)OC1CCOC1=O.C=Cc1ccc(OC2(C)CCCC2)cc1.Oc1ccccc1. The lowest BCUT2D eigenvalue weighted by Crippen LogP contribution is -2.57. The number of para-hydroxylation sites is 1. The van der Waals surface area contributed by atoms with Crippen LogP contribution >= 0.6 is 0 Å². The molecule has 288 valence electrons. The Balaban J connectivity index is 0.000000166. The number of phenols is 1. The summed E-state index contributed by atoms with van der Waals surface area (Å²) in [6.45, 7) is 20.9. The molecule has 1 aliphatic heterocycles. The maximum atomic E-state index is 11.9. The van der Waals surface area contributed by atoms with Gasteiger partial charge in [0, 0.05) is 23.0 Å². The molecule has 1 N–H and O–H groups in total. The van der Waals surface area contributed by atoms with E-state index in [1.54, 1.807) is 31.2 Å². The van der Waals surface area contributed by atoms with Crippen molar-refractivity contribution in [2.75, 3.05) is 6.61 Å². The van der Waals surface area contributed by atoms with Gasteiger partial charge in [0.1, 0.15) is 22.7 Å². The third-order valence-electron chi connectivity index (χ3n) is 11.4. The lowest BCUT2D eigenvalue weighted by atomic mass is 9.46. The van der Waals surface area contributed by atoms with Gasteiger partial charge in [0.25, 0.3) is 0 Å². The predicted octanol–water partition coefficient (Wildman–Crippen LogP) is 9.96. The molecule has 8 rings (SSSR count). The number of hydrogen-bond donors (Lipinski definition) is 1. The van der Waals surface area contributed by atoms with Crippen LogP contribution in [0.15, 0.2) is 85.5 Å². The van der Waals surface area contributed by atoms with Crippen LogP contribution < -0.4 is 4.74 Å². The molecule has 0 radical (unpaired) electrons. The molecule has 6 fully saturated rings. The summed E-state index contributed by atoms with van der Waals surface area (Å²) >= 11 is 0. The van der Waals surface area contributed by atoms with Gasteiger partial charge in [-0.2, -0.15) is 0 Å². The van der Waals surface area contributed by atoms with E-state index in [1.165, 1.54) is 71.1 Å². The van der Waals surface area contributed by atoms with Gasteiger partial charge in [0.2, 0.25) is 6.10 Å². The Morgan fingerprint density at radius 1 is 0.868 bits per heavy atom. The summed E-state index contributed by atoms with van der Waals surface area (Å²) in [5, 5.41) is 8.63. The van der Waals surface area contributed by atoms with E-state index in [9.17, 15) is 14.4 Å². The minimum absolute atomic E-state index is 0.0652. The topological polar surface area (TPSA) is 108 Å². The van der Waals surface area contributed by atoms with E-state index in [4.69, 9.17) is 19.3 Å². The summed E-state index contributed by atoms with van der Waals surface area (Å²) in [6.07, 6.45) is 14.5. The fourth-order valence-corrected chi connectivity index (χ4v) is 8.70. The second-order valence-corrected chi connectivity index (χ2v) is 16.4. The molecule has 1 saturated heterocycles. The van der Waals surface area contributed by atoms with Crippen molar-refractivity contribution in [3.63, 3.8) is 0 Å². The summed E-state index contributed by atoms with van der Waals surface area (Å²) in [5.41, 5.74) is 1.88. The molecule has 5 saturated carbocycles. The average molecular weight is 729 g/mol. The van der Waals surface area contributed by atoms with E-state index in [0.29, 0.717) is 24.4 Å². The number of phenolic OH excluding ortho intramolecular Hbond substituents is 1. The molecule has 1 atom stereocenters. The van der Waals surface area contributed by atoms with Crippen LogP contribution in [0.1, 0.15) is 111 Å². The molecular weight excluding hydrogens is 668 g/mol. The number of ether oxygens (including phenoxy) is 4. The minimum atomic E-state index is -0.728. The van der Waals surface area contributed by atoms with Crippen LogP contribution in [0.25, 0.3) is 6.08 Å². The van der Waals surface area contributed by atoms with Gasteiger partial charge in [-0.05, 0) is 146 Å². The zero-order valence-corrected chi connectivity index (χ0v) is 32.5. The van der Waals surface area contributed by atoms with Crippen molar-refractivity contribution < 1.29 is 38.4 Å². The van der Waals surface area contributed by atoms with Crippen molar-refractivity contribution in [1.82, 2.24) is 0 Å². The maximum Gasteiger partial charge on any atom is 0.347 e. The number of hydrogen-bond acceptors (Lipinski definition) is 8. The van der Waals surface area contributed by atoms with Gasteiger partial charge in [0.15, 0.2) is 0 Å². The third kappa shape index (κ3) is 11.6. The average Bonchev–Trinajstić information content (AvgIpc) is 3.72. The third-order valence-corrected chi connectivity index (χ3v) is 11.4. The Bertz CT molecular complexity index is 1550. The highest BCUT2D eigenvalue weighted by Crippen LogP contribution is 2.64. The van der Waals surface area contributed by atoms with E-state index in [-0.39, 0.29) is 28.2 Å². The van der Waals surface area contributed by atoms with Crippen molar-refractivity contribution in [1.29, 1.82) is 0 Å². The van der Waals surface area contributed by atoms with Gasteiger partial charge in [-0.3, -0.25) is 0 Å². The second kappa shape index (κ2) is 18.1. The van der Waals surface area contributed by atoms with Crippen molar-refractivity contribution in [3.05, 3.63) is 91.0 Å². The zero-order valence-electron chi connectivity index (χ0n) is 32.5. The first-order chi connectivity index (χ1) is 25.0. The predicted molar refractivity (Wildman–Crippen MR) is 208 cm³/mol. The molecule has 53 heavy (non-hydrogen) atoms. The number of carbonyl (C=O) groups is 3. The van der Waals surface area contributed by atoms with E-state index in [2.05, 4.69) is 45.2 Å². The van der Waals surface area contributed by atoms with Gasteiger partial charge in [-0.1, -0.05) is 56.1 Å². The monoisotopic (exact) mass is 728 g/mol. The van der Waals surface area contributed by atoms with E-state index < -0.39 is 18.0 Å². The highest BCUT2D eigenvalue weighted by molar-refractivity contribution is 5.89. The molecule has 1 unspecified atom stereocenters. The van der Waals surface area contributed by atoms with E-state index >= 15 is 0 Å². The smallest absolute Gasteiger partial charge is 0.347 e. The van der Waals surface area contributed by atoms with Crippen molar-refractivity contribution in [2.24, 2.45) is 23.2 Å². The molecule has 8 heteroatoms. The molecule has 6 aliphatic rings. The Morgan fingerprint density at radius 3 is 1.81 bits per heavy atom. The first-order valence-electron chi connectivity index (χ1n) is 19.1. The molecule has 2 aromatic rings. The van der Waals surface area contributed by atoms with Gasteiger partial charge < -0.3 is 24.1 Å². The molecule has 1 heterocycles. The quantitative estimate of drug-likeness (QED) is 0.163. The number of benzene rings is 2. The molecule has 4 bridgehead atoms. The molecule has 0 aromatic heterocycles. The van der Waals surface area contributed by atoms with Crippen molar-refractivity contribution in [3.8, 4) is 11.5 Å². The van der Waals surface area contributed by atoms with Gasteiger partial charge in [-0.25, -0.2) is 14.4 Å². The highest BCUT2D eigenvalue weighted by atomic mass is 16.6. The number of aromatic hydroxyl groups is 1. The Morgan fingerprint density at radius 2 is 1.40 bits per heavy atom. The standard InChI is InChI=1S/C17H26O2.C14H18O.C8H10O4.C6H6O/c1-11(2)15(18)19-16(3,4)17-8-12-5-13(9-17)7-14(6-12)10-17;1-3-12-6-8-13(9-7-12)15-14(2)10-4-5-11-14;1-5(2)7(9)12-6-3-4-11-8(6)10;7-6-4-2-1-3-5-6/h12-14H,1,5-10H2,2-4H3;3,6-9H,1,4-5,10-11H2,2H3;6H,1,3-4H2,2H3;1-5,7H. The van der Waals surface area contributed by atoms with Crippen LogP contribution in [0.4, 0.5) is 0 Å². The number of rotatable bonds is 8. The first-order valence-corrected chi connectivity index (χ1v) is 19.1. The number of carbonyl (C=O) groups excluding carboxylic acids is 3. The normalized spacial score (nSPS) is 25.8.